The summed E-state index contributed by atoms with van der Waals surface area (Å²) in [6, 6.07) is 0. The van der Waals surface area contributed by atoms with E-state index in [1.54, 1.807) is 0 Å². The zero-order chi connectivity index (χ0) is 15.2. The molecule has 0 aromatic heterocycles. The second kappa shape index (κ2) is 5.81. The van der Waals surface area contributed by atoms with Crippen LogP contribution in [0.25, 0.3) is 0 Å². The summed E-state index contributed by atoms with van der Waals surface area (Å²) >= 11 is 0. The maximum absolute atomic E-state index is 12.7. The minimum atomic E-state index is 0.194. The highest BCUT2D eigenvalue weighted by atomic mass is 16.1. The summed E-state index contributed by atoms with van der Waals surface area (Å²) in [4.78, 5) is 12.7. The molecule has 4 bridgehead atoms. The Kier molecular flexibility index (Phi) is 3.96. The first-order valence-corrected chi connectivity index (χ1v) is 9.64. The van der Waals surface area contributed by atoms with E-state index in [0.717, 1.165) is 43.2 Å². The van der Waals surface area contributed by atoms with Crippen LogP contribution < -0.4 is 10.6 Å². The highest BCUT2D eigenvalue weighted by Gasteiger charge is 2.51. The summed E-state index contributed by atoms with van der Waals surface area (Å²) < 4.78 is 0. The van der Waals surface area contributed by atoms with Gasteiger partial charge in [-0.05, 0) is 94.0 Å². The molecule has 5 aliphatic rings. The van der Waals surface area contributed by atoms with Gasteiger partial charge in [-0.25, -0.2) is 0 Å². The largest absolute Gasteiger partial charge is 0.351 e. The van der Waals surface area contributed by atoms with Crippen LogP contribution in [-0.2, 0) is 4.79 Å². The fraction of sp³-hybridized carbons (Fsp3) is 0.947. The van der Waals surface area contributed by atoms with E-state index in [1.807, 2.05) is 0 Å². The summed E-state index contributed by atoms with van der Waals surface area (Å²) in [5.41, 5.74) is 0.194. The summed E-state index contributed by atoms with van der Waals surface area (Å²) in [5, 5.41) is 6.97. The van der Waals surface area contributed by atoms with Gasteiger partial charge in [0.2, 0.25) is 5.91 Å². The summed E-state index contributed by atoms with van der Waals surface area (Å²) in [5.74, 6) is 4.35. The summed E-state index contributed by atoms with van der Waals surface area (Å²) in [6.45, 7) is 4.55. The lowest BCUT2D eigenvalue weighted by atomic mass is 9.53. The molecule has 3 heteroatoms. The first kappa shape index (κ1) is 15.0. The van der Waals surface area contributed by atoms with Crippen molar-refractivity contribution in [2.75, 3.05) is 13.1 Å². The van der Waals surface area contributed by atoms with Crippen molar-refractivity contribution < 1.29 is 4.79 Å². The maximum atomic E-state index is 12.7. The van der Waals surface area contributed by atoms with Crippen LogP contribution in [0.15, 0.2) is 0 Å². The van der Waals surface area contributed by atoms with Crippen LogP contribution in [0.3, 0.4) is 0 Å². The van der Waals surface area contributed by atoms with E-state index in [1.165, 1.54) is 51.4 Å². The smallest absolute Gasteiger partial charge is 0.220 e. The fourth-order valence-electron chi connectivity index (χ4n) is 6.48. The van der Waals surface area contributed by atoms with Crippen molar-refractivity contribution in [3.8, 4) is 0 Å². The fourth-order valence-corrected chi connectivity index (χ4v) is 6.48. The second-order valence-electron chi connectivity index (χ2n) is 9.01. The molecular weight excluding hydrogens is 272 g/mol. The van der Waals surface area contributed by atoms with Crippen molar-refractivity contribution in [2.24, 2.45) is 29.6 Å². The molecule has 1 atom stereocenters. The quantitative estimate of drug-likeness (QED) is 0.838. The summed E-state index contributed by atoms with van der Waals surface area (Å²) in [7, 11) is 0. The van der Waals surface area contributed by atoms with Crippen LogP contribution in [0.4, 0.5) is 0 Å². The number of piperidine rings is 1. The van der Waals surface area contributed by atoms with Gasteiger partial charge in [-0.1, -0.05) is 6.92 Å². The Bertz CT molecular complexity index is 392. The third-order valence-electron chi connectivity index (χ3n) is 7.14. The van der Waals surface area contributed by atoms with E-state index in [9.17, 15) is 4.79 Å². The molecular formula is C19H32N2O. The maximum Gasteiger partial charge on any atom is 0.220 e. The van der Waals surface area contributed by atoms with Crippen LogP contribution >= 0.6 is 0 Å². The number of carbonyl (C=O) groups excluding carboxylic acids is 1. The number of rotatable bonds is 4. The number of hydrogen-bond donors (Lipinski definition) is 2. The molecule has 0 aromatic carbocycles. The van der Waals surface area contributed by atoms with Crippen molar-refractivity contribution >= 4 is 5.91 Å². The predicted octanol–water partition coefficient (Wildman–Crippen LogP) is 3.10. The predicted molar refractivity (Wildman–Crippen MR) is 88.4 cm³/mol. The lowest BCUT2D eigenvalue weighted by molar-refractivity contribution is -0.128. The van der Waals surface area contributed by atoms with Gasteiger partial charge in [0.05, 0.1) is 0 Å². The van der Waals surface area contributed by atoms with Gasteiger partial charge >= 0.3 is 0 Å². The van der Waals surface area contributed by atoms with E-state index < -0.39 is 0 Å². The lowest BCUT2D eigenvalue weighted by Gasteiger charge is -2.57. The molecule has 5 fully saturated rings. The Labute approximate surface area is 135 Å². The molecule has 0 spiro atoms. The zero-order valence-corrected chi connectivity index (χ0v) is 14.1. The Hall–Kier alpha value is -0.570. The molecule has 1 saturated heterocycles. The highest BCUT2D eigenvalue weighted by Crippen LogP contribution is 2.55. The van der Waals surface area contributed by atoms with Gasteiger partial charge in [-0.3, -0.25) is 4.79 Å². The molecule has 4 saturated carbocycles. The molecule has 22 heavy (non-hydrogen) atoms. The SMILES string of the molecule is CC(CC(=O)NC12CC3CC(CC(C3)C1)C2)C1CCNCC1. The molecule has 0 aromatic rings. The van der Waals surface area contributed by atoms with Gasteiger partial charge in [-0.2, -0.15) is 0 Å². The minimum Gasteiger partial charge on any atom is -0.351 e. The minimum absolute atomic E-state index is 0.194. The molecule has 4 aliphatic carbocycles. The molecule has 2 N–H and O–H groups in total. The standard InChI is InChI=1S/C19H32N2O/c1-13(17-2-4-20-5-3-17)6-18(22)21-19-10-14-7-15(11-19)9-16(8-14)12-19/h13-17,20H,2-12H2,1H3,(H,21,22). The average Bonchev–Trinajstić information content (AvgIpc) is 2.45. The lowest BCUT2D eigenvalue weighted by Crippen LogP contribution is -2.60. The number of hydrogen-bond acceptors (Lipinski definition) is 2. The van der Waals surface area contributed by atoms with Crippen LogP contribution in [0, 0.1) is 29.6 Å². The van der Waals surface area contributed by atoms with Gasteiger partial charge in [0.1, 0.15) is 0 Å². The molecule has 124 valence electrons. The Morgan fingerprint density at radius 2 is 1.64 bits per heavy atom. The number of amides is 1. The monoisotopic (exact) mass is 304 g/mol. The van der Waals surface area contributed by atoms with Crippen molar-refractivity contribution in [1.29, 1.82) is 0 Å². The van der Waals surface area contributed by atoms with Crippen molar-refractivity contribution in [2.45, 2.75) is 70.3 Å². The second-order valence-corrected chi connectivity index (χ2v) is 9.01. The normalized spacial score (nSPS) is 42.3. The summed E-state index contributed by atoms with van der Waals surface area (Å²) in [6.07, 6.45) is 11.4. The first-order valence-electron chi connectivity index (χ1n) is 9.64. The van der Waals surface area contributed by atoms with E-state index in [2.05, 4.69) is 17.6 Å². The van der Waals surface area contributed by atoms with Gasteiger partial charge in [-0.15, -0.1) is 0 Å². The van der Waals surface area contributed by atoms with Crippen LogP contribution in [0.2, 0.25) is 0 Å². The molecule has 1 aliphatic heterocycles. The Morgan fingerprint density at radius 1 is 1.09 bits per heavy atom. The van der Waals surface area contributed by atoms with Crippen LogP contribution in [0.1, 0.15) is 64.7 Å². The van der Waals surface area contributed by atoms with Crippen LogP contribution in [-0.4, -0.2) is 24.5 Å². The van der Waals surface area contributed by atoms with Gasteiger partial charge < -0.3 is 10.6 Å². The van der Waals surface area contributed by atoms with Gasteiger partial charge in [0, 0.05) is 12.0 Å². The third kappa shape index (κ3) is 2.93. The first-order chi connectivity index (χ1) is 10.6. The third-order valence-corrected chi connectivity index (χ3v) is 7.14. The van der Waals surface area contributed by atoms with E-state index in [0.29, 0.717) is 11.8 Å². The average molecular weight is 304 g/mol. The van der Waals surface area contributed by atoms with E-state index in [4.69, 9.17) is 0 Å². The molecule has 1 heterocycles. The topological polar surface area (TPSA) is 41.1 Å². The van der Waals surface area contributed by atoms with Crippen molar-refractivity contribution in [3.63, 3.8) is 0 Å². The molecule has 1 unspecified atom stereocenters. The van der Waals surface area contributed by atoms with Gasteiger partial charge in [0.25, 0.3) is 0 Å². The zero-order valence-electron chi connectivity index (χ0n) is 14.1. The van der Waals surface area contributed by atoms with Gasteiger partial charge in [0.15, 0.2) is 0 Å². The van der Waals surface area contributed by atoms with Crippen molar-refractivity contribution in [1.82, 2.24) is 10.6 Å². The van der Waals surface area contributed by atoms with E-state index in [-0.39, 0.29) is 5.54 Å². The number of nitrogens with one attached hydrogen (secondary N) is 2. The van der Waals surface area contributed by atoms with E-state index >= 15 is 0 Å². The van der Waals surface area contributed by atoms with Crippen LogP contribution in [0.5, 0.6) is 0 Å². The Morgan fingerprint density at radius 3 is 2.18 bits per heavy atom. The molecule has 1 amide bonds. The Balaban J connectivity index is 1.34. The molecule has 0 radical (unpaired) electrons. The van der Waals surface area contributed by atoms with Crippen molar-refractivity contribution in [3.05, 3.63) is 0 Å². The molecule has 3 nitrogen and oxygen atoms in total. The molecule has 5 rings (SSSR count). The number of carbonyl (C=O) groups is 1. The highest BCUT2D eigenvalue weighted by molar-refractivity contribution is 5.77.